The van der Waals surface area contributed by atoms with Crippen LogP contribution in [0.3, 0.4) is 0 Å². The number of esters is 2. The van der Waals surface area contributed by atoms with E-state index in [1.54, 1.807) is 70.2 Å². The van der Waals surface area contributed by atoms with Crippen molar-refractivity contribution in [1.29, 1.82) is 0 Å². The summed E-state index contributed by atoms with van der Waals surface area (Å²) in [5, 5.41) is 28.0. The van der Waals surface area contributed by atoms with Crippen LogP contribution in [0, 0.1) is 16.0 Å². The molecule has 5 aromatic rings. The molecule has 13 nitrogen and oxygen atoms in total. The highest BCUT2D eigenvalue weighted by Crippen LogP contribution is 2.33. The quantitative estimate of drug-likeness (QED) is 0.0628. The maximum Gasteiger partial charge on any atom is 0.313 e. The van der Waals surface area contributed by atoms with Crippen LogP contribution >= 0.6 is 0 Å². The Hall–Kier alpha value is -6.34. The van der Waals surface area contributed by atoms with Crippen LogP contribution in [0.5, 0.6) is 0 Å². The summed E-state index contributed by atoms with van der Waals surface area (Å²) in [4.78, 5) is 66.2. The lowest BCUT2D eigenvalue weighted by Crippen LogP contribution is -2.51. The molecule has 4 atom stereocenters. The molecule has 5 rings (SSSR count). The fourth-order valence-corrected chi connectivity index (χ4v) is 6.43. The molecule has 56 heavy (non-hydrogen) atoms. The number of nitro groups is 1. The highest BCUT2D eigenvalue weighted by molar-refractivity contribution is 6.02. The van der Waals surface area contributed by atoms with Gasteiger partial charge in [0.05, 0.1) is 18.5 Å². The topological polar surface area (TPSA) is 179 Å². The number of hydrogen-bond donors (Lipinski definition) is 2. The van der Waals surface area contributed by atoms with E-state index in [4.69, 9.17) is 13.9 Å². The third-order valence-electron chi connectivity index (χ3n) is 9.35. The Labute approximate surface area is 324 Å². The van der Waals surface area contributed by atoms with Crippen LogP contribution in [0.2, 0.25) is 0 Å². The van der Waals surface area contributed by atoms with Crippen LogP contribution in [0.4, 0.5) is 11.4 Å². The summed E-state index contributed by atoms with van der Waals surface area (Å²) >= 11 is 0. The van der Waals surface area contributed by atoms with E-state index in [2.05, 4.69) is 5.32 Å². The van der Waals surface area contributed by atoms with Crippen molar-refractivity contribution in [3.8, 4) is 0 Å². The molecule has 1 aromatic heterocycles. The molecule has 0 aliphatic rings. The highest BCUT2D eigenvalue weighted by Gasteiger charge is 2.41. The van der Waals surface area contributed by atoms with E-state index in [0.717, 1.165) is 17.9 Å². The minimum Gasteiger partial charge on any atom is -0.469 e. The van der Waals surface area contributed by atoms with Gasteiger partial charge in [-0.1, -0.05) is 66.7 Å². The van der Waals surface area contributed by atoms with Crippen molar-refractivity contribution in [2.75, 3.05) is 12.4 Å². The number of methoxy groups -OCH3 is 1. The largest absolute Gasteiger partial charge is 0.469 e. The fraction of sp³-hybridized carbons (Fsp3) is 0.302. The molecule has 0 saturated carbocycles. The molecule has 13 heteroatoms. The molecule has 2 amide bonds. The number of carbonyl (C=O) groups is 4. The van der Waals surface area contributed by atoms with Crippen molar-refractivity contribution in [1.82, 2.24) is 4.90 Å². The fourth-order valence-electron chi connectivity index (χ4n) is 6.43. The Bertz CT molecular complexity index is 2180. The number of nitro benzene ring substituents is 1. The molecule has 292 valence electrons. The number of carbonyl (C=O) groups excluding carboxylic acids is 4. The van der Waals surface area contributed by atoms with Gasteiger partial charge >= 0.3 is 11.9 Å². The predicted octanol–water partition coefficient (Wildman–Crippen LogP) is 7.22. The Balaban J connectivity index is 1.55. The van der Waals surface area contributed by atoms with Gasteiger partial charge in [-0.25, -0.2) is 0 Å². The van der Waals surface area contributed by atoms with E-state index >= 15 is 0 Å². The second kappa shape index (κ2) is 17.9. The number of aliphatic hydroxyl groups is 1. The number of benzene rings is 4. The number of para-hydroxylation sites is 1. The summed E-state index contributed by atoms with van der Waals surface area (Å²) in [5.74, 6) is -4.92. The van der Waals surface area contributed by atoms with Gasteiger partial charge in [-0.3, -0.25) is 29.3 Å². The van der Waals surface area contributed by atoms with Gasteiger partial charge in [-0.15, -0.1) is 0 Å². The maximum absolute atomic E-state index is 14.7. The first-order valence-corrected chi connectivity index (χ1v) is 18.1. The number of rotatable bonds is 15. The van der Waals surface area contributed by atoms with Crippen LogP contribution in [0.1, 0.15) is 67.5 Å². The lowest BCUT2D eigenvalue weighted by Gasteiger charge is -2.37. The molecule has 0 radical (unpaired) electrons. The summed E-state index contributed by atoms with van der Waals surface area (Å²) in [5.41, 5.74) is 0.747. The molecule has 0 spiro atoms. The summed E-state index contributed by atoms with van der Waals surface area (Å²) in [6, 6.07) is 30.5. The number of aliphatic hydroxyl groups excluding tert-OH is 1. The third kappa shape index (κ3) is 10.4. The lowest BCUT2D eigenvalue weighted by molar-refractivity contribution is -0.384. The van der Waals surface area contributed by atoms with E-state index in [-0.39, 0.29) is 24.4 Å². The van der Waals surface area contributed by atoms with E-state index in [0.29, 0.717) is 22.6 Å². The lowest BCUT2D eigenvalue weighted by atomic mass is 9.86. The minimum absolute atomic E-state index is 0.0342. The molecule has 0 bridgehead atoms. The number of nitrogens with one attached hydrogen (secondary N) is 1. The molecule has 1 heterocycles. The van der Waals surface area contributed by atoms with E-state index in [9.17, 15) is 34.4 Å². The molecular formula is C43H45N3O10. The number of furan rings is 1. The van der Waals surface area contributed by atoms with Crippen molar-refractivity contribution in [3.05, 3.63) is 142 Å². The summed E-state index contributed by atoms with van der Waals surface area (Å²) in [7, 11) is 1.14. The zero-order valence-corrected chi connectivity index (χ0v) is 31.8. The van der Waals surface area contributed by atoms with Gasteiger partial charge in [0.15, 0.2) is 5.76 Å². The average molecular weight is 764 g/mol. The summed E-state index contributed by atoms with van der Waals surface area (Å²) in [6.07, 6.45) is -2.53. The van der Waals surface area contributed by atoms with E-state index < -0.39 is 64.7 Å². The van der Waals surface area contributed by atoms with Crippen LogP contribution in [-0.4, -0.2) is 63.5 Å². The van der Waals surface area contributed by atoms with Gasteiger partial charge in [0.1, 0.15) is 23.4 Å². The van der Waals surface area contributed by atoms with Crippen LogP contribution in [0.25, 0.3) is 10.8 Å². The number of fused-ring (bicyclic) bond motifs is 1. The molecule has 4 aromatic carbocycles. The zero-order valence-electron chi connectivity index (χ0n) is 31.8. The van der Waals surface area contributed by atoms with Crippen molar-refractivity contribution in [2.45, 2.75) is 70.7 Å². The number of nitrogens with zero attached hydrogens (tertiary/aromatic N) is 2. The standard InChI is InChI=1S/C43H45N3O10/c1-27(35(30-17-19-33(20-18-30)46(52)53)24-34-21-22-37(55-34)40(49)44-32-13-7-6-8-14-32)45(26-28-15-16-29-11-9-10-12-31(29)23-28)41(50)39(48)36(25-38(47)54-5)42(51)56-43(2,3)4/h6-23,27,35-36,39,48H,24-26H2,1-5H3,(H,44,49). The van der Waals surface area contributed by atoms with Gasteiger partial charge in [-0.2, -0.15) is 0 Å². The smallest absolute Gasteiger partial charge is 0.313 e. The Morgan fingerprint density at radius 1 is 0.893 bits per heavy atom. The first kappa shape index (κ1) is 40.8. The Kier molecular flexibility index (Phi) is 13.0. The molecule has 0 fully saturated rings. The number of amides is 2. The first-order chi connectivity index (χ1) is 26.6. The summed E-state index contributed by atoms with van der Waals surface area (Å²) < 4.78 is 16.4. The molecule has 0 saturated heterocycles. The van der Waals surface area contributed by atoms with Crippen molar-refractivity contribution in [2.24, 2.45) is 5.92 Å². The van der Waals surface area contributed by atoms with Crippen molar-refractivity contribution >= 4 is 45.9 Å². The number of hydrogen-bond acceptors (Lipinski definition) is 10. The monoisotopic (exact) mass is 763 g/mol. The zero-order chi connectivity index (χ0) is 40.6. The average Bonchev–Trinajstić information content (AvgIpc) is 3.66. The van der Waals surface area contributed by atoms with Gasteiger partial charge in [0.25, 0.3) is 17.5 Å². The van der Waals surface area contributed by atoms with E-state index in [1.165, 1.54) is 23.1 Å². The molecular weight excluding hydrogens is 718 g/mol. The van der Waals surface area contributed by atoms with E-state index in [1.807, 2.05) is 48.5 Å². The van der Waals surface area contributed by atoms with Gasteiger partial charge in [-0.05, 0) is 79.9 Å². The second-order valence-corrected chi connectivity index (χ2v) is 14.5. The van der Waals surface area contributed by atoms with Gasteiger partial charge in [0.2, 0.25) is 0 Å². The number of ether oxygens (including phenoxy) is 2. The number of non-ortho nitro benzene ring substituents is 1. The highest BCUT2D eigenvalue weighted by atomic mass is 16.6. The van der Waals surface area contributed by atoms with Crippen LogP contribution < -0.4 is 5.32 Å². The SMILES string of the molecule is COC(=O)CC(C(=O)OC(C)(C)C)C(O)C(=O)N(Cc1ccc2ccccc2c1)C(C)C(Cc1ccc(C(=O)Nc2ccccc2)o1)c1ccc([N+](=O)[O-])cc1. The first-order valence-electron chi connectivity index (χ1n) is 18.1. The third-order valence-corrected chi connectivity index (χ3v) is 9.35. The van der Waals surface area contributed by atoms with Gasteiger partial charge in [0, 0.05) is 42.7 Å². The van der Waals surface area contributed by atoms with Crippen molar-refractivity contribution in [3.63, 3.8) is 0 Å². The molecule has 0 aliphatic heterocycles. The molecule has 4 unspecified atom stereocenters. The molecule has 2 N–H and O–H groups in total. The van der Waals surface area contributed by atoms with Crippen molar-refractivity contribution < 1.29 is 43.1 Å². The van der Waals surface area contributed by atoms with Gasteiger partial charge < -0.3 is 29.2 Å². The van der Waals surface area contributed by atoms with Crippen LogP contribution in [-0.2, 0) is 36.8 Å². The predicted molar refractivity (Wildman–Crippen MR) is 209 cm³/mol. The normalized spacial score (nSPS) is 13.5. The Morgan fingerprint density at radius 2 is 1.55 bits per heavy atom. The maximum atomic E-state index is 14.7. The Morgan fingerprint density at radius 3 is 2.20 bits per heavy atom. The summed E-state index contributed by atoms with van der Waals surface area (Å²) in [6.45, 7) is 6.60. The number of anilines is 1. The minimum atomic E-state index is -2.03. The second-order valence-electron chi connectivity index (χ2n) is 14.5. The molecule has 0 aliphatic carbocycles. The van der Waals surface area contributed by atoms with Crippen LogP contribution in [0.15, 0.2) is 114 Å².